The van der Waals surface area contributed by atoms with E-state index in [1.165, 1.54) is 25.3 Å². The molecule has 1 amide bonds. The van der Waals surface area contributed by atoms with E-state index < -0.39 is 11.8 Å². The van der Waals surface area contributed by atoms with Crippen LogP contribution >= 0.6 is 11.6 Å². The van der Waals surface area contributed by atoms with Crippen LogP contribution in [0.5, 0.6) is 0 Å². The maximum absolute atomic E-state index is 13.6. The topological polar surface area (TPSA) is 67.4 Å². The van der Waals surface area contributed by atoms with Crippen LogP contribution in [-0.4, -0.2) is 25.5 Å². The van der Waals surface area contributed by atoms with E-state index in [0.29, 0.717) is 11.3 Å². The third kappa shape index (κ3) is 4.45. The first-order valence-corrected chi connectivity index (χ1v) is 7.46. The maximum atomic E-state index is 13.6. The number of hydrogen-bond donors (Lipinski definition) is 2. The van der Waals surface area contributed by atoms with Gasteiger partial charge in [0, 0.05) is 10.7 Å². The third-order valence-electron chi connectivity index (χ3n) is 3.30. The van der Waals surface area contributed by atoms with Gasteiger partial charge in [0.2, 0.25) is 5.91 Å². The Kier molecular flexibility index (Phi) is 5.76. The van der Waals surface area contributed by atoms with Crippen LogP contribution in [0.4, 0.5) is 15.8 Å². The van der Waals surface area contributed by atoms with Gasteiger partial charge in [-0.1, -0.05) is 17.7 Å². The normalized spacial score (nSPS) is 10.2. The van der Waals surface area contributed by atoms with Crippen LogP contribution in [0.1, 0.15) is 15.9 Å². The first-order chi connectivity index (χ1) is 11.4. The fourth-order valence-corrected chi connectivity index (χ4v) is 2.16. The molecule has 126 valence electrons. The summed E-state index contributed by atoms with van der Waals surface area (Å²) in [5.74, 6) is -1.42. The van der Waals surface area contributed by atoms with E-state index in [1.807, 2.05) is 0 Å². The van der Waals surface area contributed by atoms with Crippen LogP contribution in [0.15, 0.2) is 36.4 Å². The number of anilines is 2. The van der Waals surface area contributed by atoms with E-state index in [1.54, 1.807) is 19.1 Å². The van der Waals surface area contributed by atoms with Crippen molar-refractivity contribution in [3.63, 3.8) is 0 Å². The van der Waals surface area contributed by atoms with Crippen molar-refractivity contribution in [2.75, 3.05) is 24.3 Å². The summed E-state index contributed by atoms with van der Waals surface area (Å²) in [5.41, 5.74) is 1.78. The number of rotatable bonds is 5. The molecule has 2 N–H and O–H groups in total. The van der Waals surface area contributed by atoms with Crippen molar-refractivity contribution in [1.82, 2.24) is 0 Å². The van der Waals surface area contributed by atoms with Gasteiger partial charge in [-0.2, -0.15) is 0 Å². The first kappa shape index (κ1) is 17.7. The van der Waals surface area contributed by atoms with Gasteiger partial charge in [-0.3, -0.25) is 4.79 Å². The summed E-state index contributed by atoms with van der Waals surface area (Å²) in [6.07, 6.45) is 0. The van der Waals surface area contributed by atoms with Crippen molar-refractivity contribution >= 4 is 34.9 Å². The molecule has 24 heavy (non-hydrogen) atoms. The predicted octanol–water partition coefficient (Wildman–Crippen LogP) is 3.62. The van der Waals surface area contributed by atoms with Gasteiger partial charge in [-0.05, 0) is 42.8 Å². The lowest BCUT2D eigenvalue weighted by Crippen LogP contribution is -2.22. The maximum Gasteiger partial charge on any atom is 0.337 e. The number of ether oxygens (including phenoxy) is 1. The number of carbonyl (C=O) groups excluding carboxylic acids is 2. The highest BCUT2D eigenvalue weighted by Crippen LogP contribution is 2.19. The molecule has 0 radical (unpaired) electrons. The molecule has 0 aliphatic carbocycles. The van der Waals surface area contributed by atoms with Crippen molar-refractivity contribution < 1.29 is 18.7 Å². The number of esters is 1. The molecular weight excluding hydrogens is 335 g/mol. The van der Waals surface area contributed by atoms with Crippen LogP contribution in [0.3, 0.4) is 0 Å². The molecule has 0 spiro atoms. The molecule has 5 nitrogen and oxygen atoms in total. The summed E-state index contributed by atoms with van der Waals surface area (Å²) in [6, 6.07) is 8.98. The van der Waals surface area contributed by atoms with Gasteiger partial charge in [0.25, 0.3) is 0 Å². The zero-order valence-electron chi connectivity index (χ0n) is 13.2. The second-order valence-corrected chi connectivity index (χ2v) is 5.48. The standard InChI is InChI=1S/C17H16ClFN2O3/c1-10-3-4-11(17(23)24-2)7-15(10)21-16(22)9-20-14-6-5-12(18)8-13(14)19/h3-8,20H,9H2,1-2H3,(H,21,22). The first-order valence-electron chi connectivity index (χ1n) is 7.08. The van der Waals surface area contributed by atoms with Crippen LogP contribution in [0, 0.1) is 12.7 Å². The number of halogens is 2. The average molecular weight is 351 g/mol. The zero-order valence-corrected chi connectivity index (χ0v) is 13.9. The largest absolute Gasteiger partial charge is 0.465 e. The lowest BCUT2D eigenvalue weighted by Gasteiger charge is -2.11. The Morgan fingerprint density at radius 3 is 2.58 bits per heavy atom. The summed E-state index contributed by atoms with van der Waals surface area (Å²) >= 11 is 5.67. The van der Waals surface area contributed by atoms with Crippen LogP contribution in [0.25, 0.3) is 0 Å². The van der Waals surface area contributed by atoms with E-state index in [-0.39, 0.29) is 23.2 Å². The van der Waals surface area contributed by atoms with Gasteiger partial charge < -0.3 is 15.4 Å². The summed E-state index contributed by atoms with van der Waals surface area (Å²) < 4.78 is 18.3. The second-order valence-electron chi connectivity index (χ2n) is 5.05. The number of carbonyl (C=O) groups is 2. The van der Waals surface area contributed by atoms with Crippen molar-refractivity contribution in [1.29, 1.82) is 0 Å². The Morgan fingerprint density at radius 2 is 1.92 bits per heavy atom. The highest BCUT2D eigenvalue weighted by Gasteiger charge is 2.11. The Bertz CT molecular complexity index is 780. The molecule has 7 heteroatoms. The predicted molar refractivity (Wildman–Crippen MR) is 91.0 cm³/mol. The summed E-state index contributed by atoms with van der Waals surface area (Å²) in [7, 11) is 1.28. The number of hydrogen-bond acceptors (Lipinski definition) is 4. The monoisotopic (exact) mass is 350 g/mol. The molecule has 0 atom stereocenters. The molecular formula is C17H16ClFN2O3. The summed E-state index contributed by atoms with van der Waals surface area (Å²) in [4.78, 5) is 23.6. The molecule has 2 rings (SSSR count). The van der Waals surface area contributed by atoms with Crippen LogP contribution < -0.4 is 10.6 Å². The van der Waals surface area contributed by atoms with Gasteiger partial charge in [0.05, 0.1) is 24.9 Å². The molecule has 0 aromatic heterocycles. The summed E-state index contributed by atoms with van der Waals surface area (Å²) in [5, 5.41) is 5.64. The molecule has 0 fully saturated rings. The minimum Gasteiger partial charge on any atom is -0.465 e. The quantitative estimate of drug-likeness (QED) is 0.808. The Labute approximate surface area is 143 Å². The molecule has 0 heterocycles. The Morgan fingerprint density at radius 1 is 1.17 bits per heavy atom. The minimum atomic E-state index is -0.542. The highest BCUT2D eigenvalue weighted by atomic mass is 35.5. The van der Waals surface area contributed by atoms with Crippen LogP contribution in [0.2, 0.25) is 5.02 Å². The number of nitrogens with one attached hydrogen (secondary N) is 2. The average Bonchev–Trinajstić information content (AvgIpc) is 2.55. The molecule has 0 saturated carbocycles. The van der Waals surface area contributed by atoms with E-state index in [9.17, 15) is 14.0 Å². The lowest BCUT2D eigenvalue weighted by molar-refractivity contribution is -0.114. The molecule has 0 bridgehead atoms. The van der Waals surface area contributed by atoms with Gasteiger partial charge in [-0.25, -0.2) is 9.18 Å². The van der Waals surface area contributed by atoms with Crippen molar-refractivity contribution in [3.8, 4) is 0 Å². The van der Waals surface area contributed by atoms with Crippen LogP contribution in [-0.2, 0) is 9.53 Å². The van der Waals surface area contributed by atoms with Gasteiger partial charge in [-0.15, -0.1) is 0 Å². The third-order valence-corrected chi connectivity index (χ3v) is 3.54. The molecule has 2 aromatic rings. The SMILES string of the molecule is COC(=O)c1ccc(C)c(NC(=O)CNc2ccc(Cl)cc2F)c1. The fraction of sp³-hybridized carbons (Fsp3) is 0.176. The van der Waals surface area contributed by atoms with E-state index in [4.69, 9.17) is 11.6 Å². The minimum absolute atomic E-state index is 0.138. The molecule has 2 aromatic carbocycles. The van der Waals surface area contributed by atoms with E-state index in [2.05, 4.69) is 15.4 Å². The molecule has 0 unspecified atom stereocenters. The second kappa shape index (κ2) is 7.79. The van der Waals surface area contributed by atoms with Gasteiger partial charge >= 0.3 is 5.97 Å². The Balaban J connectivity index is 2.03. The number of benzene rings is 2. The zero-order chi connectivity index (χ0) is 17.7. The number of aryl methyl sites for hydroxylation is 1. The lowest BCUT2D eigenvalue weighted by atomic mass is 10.1. The molecule has 0 aliphatic rings. The van der Waals surface area contributed by atoms with E-state index >= 15 is 0 Å². The number of amides is 1. The Hall–Kier alpha value is -2.60. The van der Waals surface area contributed by atoms with Crippen molar-refractivity contribution in [3.05, 3.63) is 58.4 Å². The molecule has 0 aliphatic heterocycles. The van der Waals surface area contributed by atoms with Crippen molar-refractivity contribution in [2.45, 2.75) is 6.92 Å². The smallest absolute Gasteiger partial charge is 0.337 e. The van der Waals surface area contributed by atoms with Crippen molar-refractivity contribution in [2.24, 2.45) is 0 Å². The number of methoxy groups -OCH3 is 1. The highest BCUT2D eigenvalue weighted by molar-refractivity contribution is 6.30. The fourth-order valence-electron chi connectivity index (χ4n) is 2.00. The van der Waals surface area contributed by atoms with Gasteiger partial charge in [0.1, 0.15) is 5.82 Å². The molecule has 0 saturated heterocycles. The van der Waals surface area contributed by atoms with E-state index in [0.717, 1.165) is 11.6 Å². The summed E-state index contributed by atoms with van der Waals surface area (Å²) in [6.45, 7) is 1.66. The van der Waals surface area contributed by atoms with Gasteiger partial charge in [0.15, 0.2) is 0 Å².